The summed E-state index contributed by atoms with van der Waals surface area (Å²) in [5.74, 6) is 0.358. The monoisotopic (exact) mass is 603 g/mol. The predicted molar refractivity (Wildman–Crippen MR) is 165 cm³/mol. The molecular formula is C33H45N7O4. The SMILES string of the molecule is CC(=O)N[C@@H](C(=O)NC1CN(C)Cc2cc(NC(=O)[C@@H](NC(=O)c3ccnn3C(C)C)C(C3CC3)C3CC3)ccc21)C1CC1. The molecule has 6 rings (SSSR count). The lowest BCUT2D eigenvalue weighted by atomic mass is 9.88. The molecule has 2 aromatic rings. The summed E-state index contributed by atoms with van der Waals surface area (Å²) in [7, 11) is 2.00. The Labute approximate surface area is 258 Å². The number of hydrogen-bond donors (Lipinski definition) is 4. The number of anilines is 1. The minimum absolute atomic E-state index is 0.0212. The molecule has 4 N–H and O–H groups in total. The summed E-state index contributed by atoms with van der Waals surface area (Å²) >= 11 is 0. The number of benzene rings is 1. The van der Waals surface area contributed by atoms with Crippen LogP contribution in [0.5, 0.6) is 0 Å². The summed E-state index contributed by atoms with van der Waals surface area (Å²) < 4.78 is 1.69. The fourth-order valence-electron chi connectivity index (χ4n) is 6.93. The quantitative estimate of drug-likeness (QED) is 0.294. The fourth-order valence-corrected chi connectivity index (χ4v) is 6.93. The van der Waals surface area contributed by atoms with E-state index in [1.807, 2.05) is 39.1 Å². The van der Waals surface area contributed by atoms with Gasteiger partial charge in [-0.2, -0.15) is 5.10 Å². The lowest BCUT2D eigenvalue weighted by Gasteiger charge is -2.34. The minimum Gasteiger partial charge on any atom is -0.346 e. The van der Waals surface area contributed by atoms with Crippen molar-refractivity contribution in [2.24, 2.45) is 23.7 Å². The molecule has 4 amide bonds. The van der Waals surface area contributed by atoms with Crippen LogP contribution in [0.15, 0.2) is 30.5 Å². The topological polar surface area (TPSA) is 137 Å². The van der Waals surface area contributed by atoms with E-state index in [-0.39, 0.29) is 47.5 Å². The van der Waals surface area contributed by atoms with Gasteiger partial charge in [0, 0.05) is 37.9 Å². The number of nitrogens with one attached hydrogen (secondary N) is 4. The largest absolute Gasteiger partial charge is 0.346 e. The second kappa shape index (κ2) is 12.3. The lowest BCUT2D eigenvalue weighted by molar-refractivity contribution is -0.129. The molecule has 11 nitrogen and oxygen atoms in total. The van der Waals surface area contributed by atoms with Crippen molar-refractivity contribution in [2.45, 2.75) is 90.0 Å². The van der Waals surface area contributed by atoms with Crippen molar-refractivity contribution in [2.75, 3.05) is 18.9 Å². The molecule has 0 saturated heterocycles. The number of fused-ring (bicyclic) bond motifs is 1. The molecule has 3 aliphatic carbocycles. The van der Waals surface area contributed by atoms with E-state index in [1.54, 1.807) is 16.9 Å². The van der Waals surface area contributed by atoms with Crippen LogP contribution >= 0.6 is 0 Å². The van der Waals surface area contributed by atoms with E-state index >= 15 is 0 Å². The third kappa shape index (κ3) is 6.82. The van der Waals surface area contributed by atoms with Gasteiger partial charge in [0.1, 0.15) is 17.8 Å². The van der Waals surface area contributed by atoms with E-state index < -0.39 is 12.1 Å². The van der Waals surface area contributed by atoms with Crippen LogP contribution in [0.3, 0.4) is 0 Å². The first-order valence-electron chi connectivity index (χ1n) is 16.1. The van der Waals surface area contributed by atoms with E-state index in [4.69, 9.17) is 0 Å². The Morgan fingerprint density at radius 3 is 2.20 bits per heavy atom. The normalized spacial score (nSPS) is 21.4. The number of nitrogens with zero attached hydrogens (tertiary/aromatic N) is 3. The number of carbonyl (C=O) groups is 4. The van der Waals surface area contributed by atoms with E-state index in [1.165, 1.54) is 6.92 Å². The van der Waals surface area contributed by atoms with Gasteiger partial charge in [0.05, 0.1) is 6.04 Å². The first-order valence-corrected chi connectivity index (χ1v) is 16.1. The van der Waals surface area contributed by atoms with Crippen molar-refractivity contribution in [3.05, 3.63) is 47.3 Å². The second-order valence-electron chi connectivity index (χ2n) is 13.6. The van der Waals surface area contributed by atoms with Gasteiger partial charge in [0.25, 0.3) is 5.91 Å². The molecule has 1 unspecified atom stereocenters. The van der Waals surface area contributed by atoms with Crippen LogP contribution in [0.2, 0.25) is 0 Å². The summed E-state index contributed by atoms with van der Waals surface area (Å²) in [6.07, 6.45) is 7.86. The van der Waals surface area contributed by atoms with Crippen molar-refractivity contribution in [1.29, 1.82) is 0 Å². The molecule has 0 spiro atoms. The molecule has 236 valence electrons. The molecule has 4 aliphatic rings. The Kier molecular flexibility index (Phi) is 8.50. The highest BCUT2D eigenvalue weighted by molar-refractivity contribution is 6.01. The fraction of sp³-hybridized carbons (Fsp3) is 0.606. The molecule has 2 heterocycles. The molecule has 3 atom stereocenters. The zero-order valence-corrected chi connectivity index (χ0v) is 26.1. The highest BCUT2D eigenvalue weighted by Crippen LogP contribution is 2.51. The summed E-state index contributed by atoms with van der Waals surface area (Å²) in [6.45, 7) is 6.71. The molecule has 1 aromatic carbocycles. The summed E-state index contributed by atoms with van der Waals surface area (Å²) in [4.78, 5) is 54.5. The lowest BCUT2D eigenvalue weighted by Crippen LogP contribution is -2.50. The van der Waals surface area contributed by atoms with Gasteiger partial charge < -0.3 is 21.3 Å². The molecule has 1 aliphatic heterocycles. The van der Waals surface area contributed by atoms with Gasteiger partial charge in [-0.05, 0) is 112 Å². The number of aromatic nitrogens is 2. The molecule has 0 radical (unpaired) electrons. The van der Waals surface area contributed by atoms with E-state index in [2.05, 4.69) is 31.3 Å². The van der Waals surface area contributed by atoms with Crippen LogP contribution in [0.1, 0.15) is 93.0 Å². The Bertz CT molecular complexity index is 1410. The molecule has 44 heavy (non-hydrogen) atoms. The van der Waals surface area contributed by atoms with Crippen molar-refractivity contribution < 1.29 is 19.2 Å². The zero-order chi connectivity index (χ0) is 31.1. The number of carbonyl (C=O) groups excluding carboxylic acids is 4. The average molecular weight is 604 g/mol. The highest BCUT2D eigenvalue weighted by atomic mass is 16.2. The third-order valence-corrected chi connectivity index (χ3v) is 9.45. The van der Waals surface area contributed by atoms with Crippen LogP contribution in [-0.2, 0) is 20.9 Å². The van der Waals surface area contributed by atoms with Gasteiger partial charge in [-0.25, -0.2) is 0 Å². The van der Waals surface area contributed by atoms with Gasteiger partial charge >= 0.3 is 0 Å². The van der Waals surface area contributed by atoms with Gasteiger partial charge in [-0.15, -0.1) is 0 Å². The molecular weight excluding hydrogens is 558 g/mol. The minimum atomic E-state index is -0.642. The highest BCUT2D eigenvalue weighted by Gasteiger charge is 2.48. The second-order valence-corrected chi connectivity index (χ2v) is 13.6. The van der Waals surface area contributed by atoms with Crippen molar-refractivity contribution in [1.82, 2.24) is 30.6 Å². The van der Waals surface area contributed by atoms with Crippen molar-refractivity contribution >= 4 is 29.3 Å². The Morgan fingerprint density at radius 1 is 0.909 bits per heavy atom. The predicted octanol–water partition coefficient (Wildman–Crippen LogP) is 3.15. The van der Waals surface area contributed by atoms with Crippen LogP contribution in [0, 0.1) is 23.7 Å². The number of likely N-dealkylation sites (N-methyl/N-ethyl adjacent to an activating group) is 1. The summed E-state index contributed by atoms with van der Waals surface area (Å²) in [5, 5.41) is 16.6. The molecule has 11 heteroatoms. The third-order valence-electron chi connectivity index (χ3n) is 9.45. The van der Waals surface area contributed by atoms with E-state index in [0.29, 0.717) is 36.3 Å². The molecule has 1 aromatic heterocycles. The van der Waals surface area contributed by atoms with Gasteiger partial charge in [0.2, 0.25) is 17.7 Å². The van der Waals surface area contributed by atoms with Crippen LogP contribution in [0.4, 0.5) is 5.69 Å². The van der Waals surface area contributed by atoms with Crippen LogP contribution in [0.25, 0.3) is 0 Å². The molecule has 0 bridgehead atoms. The Balaban J connectivity index is 1.19. The maximum absolute atomic E-state index is 14.0. The van der Waals surface area contributed by atoms with Crippen molar-refractivity contribution in [3.63, 3.8) is 0 Å². The first-order chi connectivity index (χ1) is 21.1. The Morgan fingerprint density at radius 2 is 1.59 bits per heavy atom. The number of hydrogen-bond acceptors (Lipinski definition) is 6. The molecule has 3 fully saturated rings. The molecule has 3 saturated carbocycles. The van der Waals surface area contributed by atoms with Gasteiger partial charge in [0.15, 0.2) is 0 Å². The standard InChI is InChI=1S/C33H45N7O4/c1-18(2)40-27(13-14-34-40)31(42)38-30(28(20-5-6-20)21-7-8-21)33(44)36-24-11-12-25-23(15-24)16-39(4)17-26(25)37-32(43)29(22-9-10-22)35-19(3)41/h11-15,18,20-22,26,28-30H,5-10,16-17H2,1-4H3,(H,35,41)(H,36,44)(H,37,43)(H,38,42)/t26?,29-,30+/m1/s1. The van der Waals surface area contributed by atoms with Gasteiger partial charge in [-0.1, -0.05) is 6.07 Å². The zero-order valence-electron chi connectivity index (χ0n) is 26.1. The summed E-state index contributed by atoms with van der Waals surface area (Å²) in [6, 6.07) is 6.16. The average Bonchev–Trinajstić information content (AvgIpc) is 3.83. The first kappa shape index (κ1) is 30.3. The smallest absolute Gasteiger partial charge is 0.270 e. The van der Waals surface area contributed by atoms with Crippen LogP contribution in [-0.4, -0.2) is 64.0 Å². The maximum Gasteiger partial charge on any atom is 0.270 e. The number of rotatable bonds is 12. The Hall–Kier alpha value is -3.73. The van der Waals surface area contributed by atoms with E-state index in [9.17, 15) is 19.2 Å². The van der Waals surface area contributed by atoms with Crippen molar-refractivity contribution in [3.8, 4) is 0 Å². The van der Waals surface area contributed by atoms with Crippen LogP contribution < -0.4 is 21.3 Å². The maximum atomic E-state index is 14.0. The van der Waals surface area contributed by atoms with Gasteiger partial charge in [-0.3, -0.25) is 28.8 Å². The number of amides is 4. The summed E-state index contributed by atoms with van der Waals surface area (Å²) in [5.41, 5.74) is 3.15. The van der Waals surface area contributed by atoms with E-state index in [0.717, 1.165) is 49.7 Å².